The second kappa shape index (κ2) is 8.43. The van der Waals surface area contributed by atoms with E-state index in [4.69, 9.17) is 0 Å². The highest BCUT2D eigenvalue weighted by Crippen LogP contribution is 2.25. The van der Waals surface area contributed by atoms with Gasteiger partial charge in [-0.2, -0.15) is 0 Å². The van der Waals surface area contributed by atoms with Crippen LogP contribution < -0.4 is 10.6 Å². The van der Waals surface area contributed by atoms with Gasteiger partial charge in [-0.3, -0.25) is 9.59 Å². The molecule has 5 nitrogen and oxygen atoms in total. The number of thiazole rings is 1. The molecule has 0 fully saturated rings. The number of benzene rings is 1. The summed E-state index contributed by atoms with van der Waals surface area (Å²) in [6.45, 7) is 4.09. The number of nitrogens with zero attached hydrogens (tertiary/aromatic N) is 1. The Bertz CT molecular complexity index is 665. The maximum atomic E-state index is 11.4. The number of carbonyl (C=O) groups is 2. The Balaban J connectivity index is 1.91. The molecule has 6 heteroatoms. The molecule has 0 unspecified atom stereocenters. The summed E-state index contributed by atoms with van der Waals surface area (Å²) in [5, 5.41) is 8.59. The Labute approximate surface area is 140 Å². The molecule has 0 aliphatic rings. The van der Waals surface area contributed by atoms with Crippen LogP contribution in [0.2, 0.25) is 0 Å². The Morgan fingerprint density at radius 3 is 2.61 bits per heavy atom. The number of anilines is 1. The lowest BCUT2D eigenvalue weighted by Crippen LogP contribution is -2.25. The minimum atomic E-state index is -0.0839. The summed E-state index contributed by atoms with van der Waals surface area (Å²) >= 11 is 1.58. The van der Waals surface area contributed by atoms with Crippen LogP contribution in [0.4, 0.5) is 5.69 Å². The summed E-state index contributed by atoms with van der Waals surface area (Å²) in [7, 11) is 0. The summed E-state index contributed by atoms with van der Waals surface area (Å²) in [6, 6.07) is 7.61. The molecule has 0 aliphatic heterocycles. The van der Waals surface area contributed by atoms with E-state index in [-0.39, 0.29) is 11.8 Å². The van der Waals surface area contributed by atoms with Gasteiger partial charge in [0.1, 0.15) is 5.01 Å². The van der Waals surface area contributed by atoms with Gasteiger partial charge in [-0.1, -0.05) is 6.92 Å². The van der Waals surface area contributed by atoms with Crippen molar-refractivity contribution in [3.05, 3.63) is 35.3 Å². The highest BCUT2D eigenvalue weighted by atomic mass is 32.1. The predicted molar refractivity (Wildman–Crippen MR) is 93.5 cm³/mol. The first kappa shape index (κ1) is 17.1. The third kappa shape index (κ3) is 5.49. The molecule has 1 aromatic carbocycles. The topological polar surface area (TPSA) is 71.1 Å². The third-order valence-electron chi connectivity index (χ3n) is 3.18. The molecule has 0 bridgehead atoms. The molecule has 23 heavy (non-hydrogen) atoms. The van der Waals surface area contributed by atoms with Crippen molar-refractivity contribution in [3.8, 4) is 10.6 Å². The van der Waals surface area contributed by atoms with Crippen molar-refractivity contribution in [2.45, 2.75) is 33.1 Å². The molecule has 2 aromatic rings. The van der Waals surface area contributed by atoms with Crippen LogP contribution >= 0.6 is 11.3 Å². The molecule has 2 N–H and O–H groups in total. The number of rotatable bonds is 7. The van der Waals surface area contributed by atoms with Crippen molar-refractivity contribution in [2.75, 3.05) is 11.9 Å². The lowest BCUT2D eigenvalue weighted by atomic mass is 10.2. The van der Waals surface area contributed by atoms with Crippen molar-refractivity contribution >= 4 is 28.8 Å². The summed E-state index contributed by atoms with van der Waals surface area (Å²) in [6.07, 6.45) is 2.17. The molecule has 1 aromatic heterocycles. The smallest absolute Gasteiger partial charge is 0.221 e. The average Bonchev–Trinajstić information content (AvgIpc) is 2.96. The highest BCUT2D eigenvalue weighted by Gasteiger charge is 2.06. The average molecular weight is 331 g/mol. The quantitative estimate of drug-likeness (QED) is 0.818. The Kier molecular flexibility index (Phi) is 6.29. The maximum absolute atomic E-state index is 11.4. The van der Waals surface area contributed by atoms with E-state index >= 15 is 0 Å². The van der Waals surface area contributed by atoms with Gasteiger partial charge < -0.3 is 10.6 Å². The van der Waals surface area contributed by atoms with E-state index in [1.807, 2.05) is 36.6 Å². The molecule has 2 amide bonds. The molecule has 0 radical (unpaired) electrons. The van der Waals surface area contributed by atoms with Crippen LogP contribution in [0.5, 0.6) is 0 Å². The summed E-state index contributed by atoms with van der Waals surface area (Å²) in [5.41, 5.74) is 2.77. The molecule has 2 rings (SSSR count). The molecule has 122 valence electrons. The molecular formula is C17H21N3O2S. The number of carbonyl (C=O) groups excluding carboxylic acids is 2. The van der Waals surface area contributed by atoms with Crippen LogP contribution in [0, 0.1) is 0 Å². The van der Waals surface area contributed by atoms with Gasteiger partial charge in [-0.15, -0.1) is 11.3 Å². The van der Waals surface area contributed by atoms with Gasteiger partial charge in [-0.25, -0.2) is 4.98 Å². The van der Waals surface area contributed by atoms with E-state index in [0.29, 0.717) is 13.0 Å². The number of nitrogens with one attached hydrogen (secondary N) is 2. The number of amides is 2. The van der Waals surface area contributed by atoms with Gasteiger partial charge in [-0.05, 0) is 30.7 Å². The Morgan fingerprint density at radius 2 is 1.96 bits per heavy atom. The van der Waals surface area contributed by atoms with Gasteiger partial charge in [0.25, 0.3) is 0 Å². The van der Waals surface area contributed by atoms with Gasteiger partial charge in [0, 0.05) is 42.9 Å². The van der Waals surface area contributed by atoms with Crippen molar-refractivity contribution in [2.24, 2.45) is 0 Å². The van der Waals surface area contributed by atoms with Crippen LogP contribution in [-0.4, -0.2) is 23.3 Å². The second-order valence-electron chi connectivity index (χ2n) is 5.25. The van der Waals surface area contributed by atoms with E-state index < -0.39 is 0 Å². The minimum absolute atomic E-state index is 0.0839. The maximum Gasteiger partial charge on any atom is 0.221 e. The van der Waals surface area contributed by atoms with Gasteiger partial charge in [0.05, 0.1) is 5.69 Å². The van der Waals surface area contributed by atoms with E-state index in [2.05, 4.69) is 15.6 Å². The van der Waals surface area contributed by atoms with E-state index in [1.165, 1.54) is 6.92 Å². The van der Waals surface area contributed by atoms with Crippen LogP contribution in [-0.2, 0) is 16.0 Å². The van der Waals surface area contributed by atoms with Crippen LogP contribution in [0.1, 0.15) is 32.4 Å². The largest absolute Gasteiger partial charge is 0.356 e. The number of aromatic nitrogens is 1. The lowest BCUT2D eigenvalue weighted by molar-refractivity contribution is -0.121. The monoisotopic (exact) mass is 331 g/mol. The van der Waals surface area contributed by atoms with E-state index in [9.17, 15) is 9.59 Å². The van der Waals surface area contributed by atoms with Crippen molar-refractivity contribution in [1.29, 1.82) is 0 Å². The summed E-state index contributed by atoms with van der Waals surface area (Å²) < 4.78 is 0. The van der Waals surface area contributed by atoms with Crippen LogP contribution in [0.15, 0.2) is 29.6 Å². The van der Waals surface area contributed by atoms with E-state index in [1.54, 1.807) is 11.3 Å². The molecule has 0 saturated carbocycles. The van der Waals surface area contributed by atoms with Crippen molar-refractivity contribution in [3.63, 3.8) is 0 Å². The molecule has 0 atom stereocenters. The number of hydrogen-bond acceptors (Lipinski definition) is 4. The SMILES string of the molecule is CCCC(=O)NCCc1csc(-c2ccc(NC(C)=O)cc2)n1. The summed E-state index contributed by atoms with van der Waals surface area (Å²) in [4.78, 5) is 27.0. The fourth-order valence-electron chi connectivity index (χ4n) is 2.10. The zero-order valence-corrected chi connectivity index (χ0v) is 14.2. The third-order valence-corrected chi connectivity index (χ3v) is 4.12. The minimum Gasteiger partial charge on any atom is -0.356 e. The fourth-order valence-corrected chi connectivity index (χ4v) is 2.96. The first-order valence-corrected chi connectivity index (χ1v) is 8.55. The zero-order valence-electron chi connectivity index (χ0n) is 13.4. The molecule has 0 spiro atoms. The predicted octanol–water partition coefficient (Wildman–Crippen LogP) is 3.23. The van der Waals surface area contributed by atoms with Gasteiger partial charge in [0.15, 0.2) is 0 Å². The first-order valence-electron chi connectivity index (χ1n) is 7.67. The second-order valence-corrected chi connectivity index (χ2v) is 6.11. The van der Waals surface area contributed by atoms with Gasteiger partial charge >= 0.3 is 0 Å². The highest BCUT2D eigenvalue weighted by molar-refractivity contribution is 7.13. The standard InChI is InChI=1S/C17H21N3O2S/c1-3-4-16(22)18-10-9-15-11-23-17(20-15)13-5-7-14(8-6-13)19-12(2)21/h5-8,11H,3-4,9-10H2,1-2H3,(H,18,22)(H,19,21). The summed E-state index contributed by atoms with van der Waals surface area (Å²) in [5.74, 6) is 0.0101. The van der Waals surface area contributed by atoms with Crippen molar-refractivity contribution in [1.82, 2.24) is 10.3 Å². The normalized spacial score (nSPS) is 10.3. The van der Waals surface area contributed by atoms with Crippen molar-refractivity contribution < 1.29 is 9.59 Å². The molecule has 0 saturated heterocycles. The van der Waals surface area contributed by atoms with Crippen LogP contribution in [0.25, 0.3) is 10.6 Å². The molecular weight excluding hydrogens is 310 g/mol. The zero-order chi connectivity index (χ0) is 16.7. The Hall–Kier alpha value is -2.21. The lowest BCUT2D eigenvalue weighted by Gasteiger charge is -2.03. The molecule has 1 heterocycles. The van der Waals surface area contributed by atoms with E-state index in [0.717, 1.165) is 34.8 Å². The van der Waals surface area contributed by atoms with Crippen LogP contribution in [0.3, 0.4) is 0 Å². The number of hydrogen-bond donors (Lipinski definition) is 2. The van der Waals surface area contributed by atoms with Gasteiger partial charge in [0.2, 0.25) is 11.8 Å². The Morgan fingerprint density at radius 1 is 1.22 bits per heavy atom. The fraction of sp³-hybridized carbons (Fsp3) is 0.353. The first-order chi connectivity index (χ1) is 11.1. The molecule has 0 aliphatic carbocycles.